The molecule has 0 aliphatic heterocycles. The number of benzene rings is 2. The Morgan fingerprint density at radius 3 is 2.65 bits per heavy atom. The van der Waals surface area contributed by atoms with Crippen LogP contribution in [0.25, 0.3) is 0 Å². The van der Waals surface area contributed by atoms with Crippen LogP contribution in [-0.2, 0) is 17.8 Å². The number of anilines is 1. The fraction of sp³-hybridized carbons (Fsp3) is 0.263. The van der Waals surface area contributed by atoms with Gasteiger partial charge >= 0.3 is 0 Å². The molecule has 0 atom stereocenters. The largest absolute Gasteiger partial charge is 0.352 e. The zero-order valence-corrected chi connectivity index (χ0v) is 14.8. The summed E-state index contributed by atoms with van der Waals surface area (Å²) in [6.07, 6.45) is 0.884. The molecule has 0 bridgehead atoms. The number of aryl methyl sites for hydroxylation is 1. The van der Waals surface area contributed by atoms with Crippen LogP contribution in [0, 0.1) is 11.6 Å². The van der Waals surface area contributed by atoms with Gasteiger partial charge in [0.25, 0.3) is 0 Å². The Labute approximate surface area is 151 Å². The summed E-state index contributed by atoms with van der Waals surface area (Å²) in [5.41, 5.74) is 2.03. The van der Waals surface area contributed by atoms with Crippen LogP contribution >= 0.6 is 0 Å². The SMILES string of the molecule is CCc1cccc(NC(=O)CNC(=NC)NCc2cc(F)ccc2F)c1. The first-order valence-corrected chi connectivity index (χ1v) is 8.29. The highest BCUT2D eigenvalue weighted by Gasteiger charge is 2.07. The minimum atomic E-state index is -0.514. The summed E-state index contributed by atoms with van der Waals surface area (Å²) in [5.74, 6) is -0.952. The Hall–Kier alpha value is -2.96. The van der Waals surface area contributed by atoms with E-state index in [1.807, 2.05) is 31.2 Å². The Balaban J connectivity index is 1.84. The van der Waals surface area contributed by atoms with Crippen LogP contribution in [-0.4, -0.2) is 25.5 Å². The second-order valence-electron chi connectivity index (χ2n) is 5.62. The minimum Gasteiger partial charge on any atom is -0.352 e. The van der Waals surface area contributed by atoms with E-state index in [0.717, 1.165) is 35.9 Å². The Morgan fingerprint density at radius 2 is 1.92 bits per heavy atom. The van der Waals surface area contributed by atoms with Crippen LogP contribution in [0.2, 0.25) is 0 Å². The van der Waals surface area contributed by atoms with E-state index < -0.39 is 11.6 Å². The van der Waals surface area contributed by atoms with E-state index in [2.05, 4.69) is 20.9 Å². The molecule has 0 spiro atoms. The highest BCUT2D eigenvalue weighted by atomic mass is 19.1. The molecule has 2 rings (SSSR count). The van der Waals surface area contributed by atoms with Gasteiger partial charge in [-0.2, -0.15) is 0 Å². The Morgan fingerprint density at radius 1 is 1.12 bits per heavy atom. The summed E-state index contributed by atoms with van der Waals surface area (Å²) in [5, 5.41) is 8.47. The average Bonchev–Trinajstić information content (AvgIpc) is 2.64. The van der Waals surface area contributed by atoms with Crippen molar-refractivity contribution in [3.8, 4) is 0 Å². The lowest BCUT2D eigenvalue weighted by Gasteiger charge is -2.13. The van der Waals surface area contributed by atoms with Crippen LogP contribution in [0.3, 0.4) is 0 Å². The molecule has 26 heavy (non-hydrogen) atoms. The number of aliphatic imine (C=N–C) groups is 1. The van der Waals surface area contributed by atoms with Crippen molar-refractivity contribution in [2.24, 2.45) is 4.99 Å². The Bertz CT molecular complexity index is 793. The van der Waals surface area contributed by atoms with Gasteiger partial charge in [0.05, 0.1) is 6.54 Å². The van der Waals surface area contributed by atoms with Crippen LogP contribution in [0.1, 0.15) is 18.1 Å². The number of rotatable bonds is 6. The molecule has 0 radical (unpaired) electrons. The molecule has 7 heteroatoms. The summed E-state index contributed by atoms with van der Waals surface area (Å²) in [6, 6.07) is 10.9. The van der Waals surface area contributed by atoms with Gasteiger partial charge in [-0.1, -0.05) is 19.1 Å². The molecular weight excluding hydrogens is 338 g/mol. The van der Waals surface area contributed by atoms with Crippen LogP contribution in [0.15, 0.2) is 47.5 Å². The fourth-order valence-electron chi connectivity index (χ4n) is 2.32. The standard InChI is InChI=1S/C19H22F2N4O/c1-3-13-5-4-6-16(9-13)25-18(26)12-24-19(22-2)23-11-14-10-15(20)7-8-17(14)21/h4-10H,3,11-12H2,1-2H3,(H,25,26)(H2,22,23,24). The zero-order chi connectivity index (χ0) is 18.9. The van der Waals surface area contributed by atoms with Gasteiger partial charge in [-0.3, -0.25) is 9.79 Å². The molecule has 0 aliphatic rings. The van der Waals surface area contributed by atoms with Crippen molar-refractivity contribution in [1.29, 1.82) is 0 Å². The normalized spacial score (nSPS) is 11.2. The summed E-state index contributed by atoms with van der Waals surface area (Å²) in [6.45, 7) is 2.07. The maximum atomic E-state index is 13.6. The van der Waals surface area contributed by atoms with Crippen LogP contribution < -0.4 is 16.0 Å². The van der Waals surface area contributed by atoms with Crippen molar-refractivity contribution in [2.75, 3.05) is 18.9 Å². The van der Waals surface area contributed by atoms with Crippen molar-refractivity contribution < 1.29 is 13.6 Å². The Kier molecular flexibility index (Phi) is 7.08. The topological polar surface area (TPSA) is 65.5 Å². The van der Waals surface area contributed by atoms with Gasteiger partial charge < -0.3 is 16.0 Å². The van der Waals surface area contributed by atoms with E-state index in [1.165, 1.54) is 7.05 Å². The lowest BCUT2D eigenvalue weighted by atomic mass is 10.1. The second kappa shape index (κ2) is 9.50. The molecule has 0 saturated heterocycles. The summed E-state index contributed by atoms with van der Waals surface area (Å²) < 4.78 is 26.8. The van der Waals surface area contributed by atoms with Gasteiger partial charge in [0.15, 0.2) is 5.96 Å². The molecule has 2 aromatic carbocycles. The number of amides is 1. The predicted octanol–water partition coefficient (Wildman–Crippen LogP) is 2.83. The number of guanidine groups is 1. The van der Waals surface area contributed by atoms with Crippen molar-refractivity contribution in [1.82, 2.24) is 10.6 Å². The predicted molar refractivity (Wildman–Crippen MR) is 99.0 cm³/mol. The summed E-state index contributed by atoms with van der Waals surface area (Å²) >= 11 is 0. The van der Waals surface area contributed by atoms with Gasteiger partial charge in [0.1, 0.15) is 11.6 Å². The molecule has 3 N–H and O–H groups in total. The first-order valence-electron chi connectivity index (χ1n) is 8.29. The maximum Gasteiger partial charge on any atom is 0.243 e. The second-order valence-corrected chi connectivity index (χ2v) is 5.62. The number of carbonyl (C=O) groups excluding carboxylic acids is 1. The number of hydrogen-bond donors (Lipinski definition) is 3. The van der Waals surface area contributed by atoms with Crippen LogP contribution in [0.4, 0.5) is 14.5 Å². The number of halogens is 2. The summed E-state index contributed by atoms with van der Waals surface area (Å²) in [7, 11) is 1.53. The molecule has 0 unspecified atom stereocenters. The number of nitrogens with zero attached hydrogens (tertiary/aromatic N) is 1. The van der Waals surface area contributed by atoms with E-state index in [1.54, 1.807) is 0 Å². The molecule has 0 heterocycles. The zero-order valence-electron chi connectivity index (χ0n) is 14.8. The lowest BCUT2D eigenvalue weighted by molar-refractivity contribution is -0.115. The van der Waals surface area contributed by atoms with Gasteiger partial charge in [-0.15, -0.1) is 0 Å². The third kappa shape index (κ3) is 5.84. The maximum absolute atomic E-state index is 13.6. The van der Waals surface area contributed by atoms with E-state index >= 15 is 0 Å². The van der Waals surface area contributed by atoms with E-state index in [4.69, 9.17) is 0 Å². The molecule has 0 aromatic heterocycles. The monoisotopic (exact) mass is 360 g/mol. The highest BCUT2D eigenvalue weighted by molar-refractivity contribution is 5.95. The van der Waals surface area contributed by atoms with Gasteiger partial charge in [-0.25, -0.2) is 8.78 Å². The molecule has 138 valence electrons. The molecular formula is C19H22F2N4O. The van der Waals surface area contributed by atoms with E-state index in [9.17, 15) is 13.6 Å². The fourth-order valence-corrected chi connectivity index (χ4v) is 2.32. The van der Waals surface area contributed by atoms with Crippen molar-refractivity contribution in [3.63, 3.8) is 0 Å². The van der Waals surface area contributed by atoms with Gasteiger partial charge in [-0.05, 0) is 42.3 Å². The highest BCUT2D eigenvalue weighted by Crippen LogP contribution is 2.11. The number of nitrogens with one attached hydrogen (secondary N) is 3. The molecule has 0 aliphatic carbocycles. The van der Waals surface area contributed by atoms with Gasteiger partial charge in [0, 0.05) is 24.8 Å². The number of carbonyl (C=O) groups is 1. The molecule has 0 fully saturated rings. The molecule has 1 amide bonds. The van der Waals surface area contributed by atoms with E-state index in [-0.39, 0.29) is 24.6 Å². The first-order chi connectivity index (χ1) is 12.5. The first kappa shape index (κ1) is 19.4. The minimum absolute atomic E-state index is 0.0122. The molecule has 0 saturated carbocycles. The molecule has 2 aromatic rings. The molecule has 5 nitrogen and oxygen atoms in total. The smallest absolute Gasteiger partial charge is 0.243 e. The van der Waals surface area contributed by atoms with Crippen molar-refractivity contribution in [3.05, 3.63) is 65.2 Å². The van der Waals surface area contributed by atoms with Crippen LogP contribution in [0.5, 0.6) is 0 Å². The number of hydrogen-bond acceptors (Lipinski definition) is 2. The van der Waals surface area contributed by atoms with Crippen molar-refractivity contribution >= 4 is 17.6 Å². The summed E-state index contributed by atoms with van der Waals surface area (Å²) in [4.78, 5) is 16.0. The quantitative estimate of drug-likeness (QED) is 0.548. The van der Waals surface area contributed by atoms with Gasteiger partial charge in [0.2, 0.25) is 5.91 Å². The third-order valence-corrected chi connectivity index (χ3v) is 3.71. The van der Waals surface area contributed by atoms with E-state index in [0.29, 0.717) is 5.96 Å². The lowest BCUT2D eigenvalue weighted by Crippen LogP contribution is -2.41. The van der Waals surface area contributed by atoms with Crippen molar-refractivity contribution in [2.45, 2.75) is 19.9 Å². The third-order valence-electron chi connectivity index (χ3n) is 3.71. The average molecular weight is 360 g/mol.